The van der Waals surface area contributed by atoms with Gasteiger partial charge in [-0.25, -0.2) is 4.39 Å². The van der Waals surface area contributed by atoms with E-state index in [-0.39, 0.29) is 18.3 Å². The average Bonchev–Trinajstić information content (AvgIpc) is 2.83. The summed E-state index contributed by atoms with van der Waals surface area (Å²) < 4.78 is 18.7. The molecular formula is C18H22FNO3. The number of furan rings is 1. The molecule has 23 heavy (non-hydrogen) atoms. The molecule has 0 radical (unpaired) electrons. The second-order valence-electron chi connectivity index (χ2n) is 6.10. The largest absolute Gasteiger partial charge is 0.466 e. The topological polar surface area (TPSA) is 62.5 Å². The minimum absolute atomic E-state index is 0.0469. The number of hydrogen-bond acceptors (Lipinski definition) is 3. The second kappa shape index (κ2) is 6.54. The Hall–Kier alpha value is -2.14. The number of benzene rings is 1. The van der Waals surface area contributed by atoms with Crippen molar-refractivity contribution in [2.75, 3.05) is 6.54 Å². The van der Waals surface area contributed by atoms with E-state index in [4.69, 9.17) is 4.42 Å². The lowest BCUT2D eigenvalue weighted by atomic mass is 9.95. The third-order valence-corrected chi connectivity index (χ3v) is 3.97. The van der Waals surface area contributed by atoms with Gasteiger partial charge in [0.2, 0.25) is 5.91 Å². The van der Waals surface area contributed by atoms with Gasteiger partial charge in [0.25, 0.3) is 0 Å². The maximum Gasteiger partial charge on any atom is 0.227 e. The molecule has 124 valence electrons. The van der Waals surface area contributed by atoms with Gasteiger partial charge in [-0.15, -0.1) is 0 Å². The molecule has 1 amide bonds. The monoisotopic (exact) mass is 319 g/mol. The molecular weight excluding hydrogens is 297 g/mol. The van der Waals surface area contributed by atoms with Crippen molar-refractivity contribution in [3.63, 3.8) is 0 Å². The maximum atomic E-state index is 13.3. The van der Waals surface area contributed by atoms with Gasteiger partial charge in [-0.3, -0.25) is 4.79 Å². The predicted molar refractivity (Wildman–Crippen MR) is 85.6 cm³/mol. The highest BCUT2D eigenvalue weighted by molar-refractivity contribution is 5.83. The molecule has 0 spiro atoms. The summed E-state index contributed by atoms with van der Waals surface area (Å²) in [6.45, 7) is 6.94. The number of nitrogens with one attached hydrogen (secondary N) is 1. The van der Waals surface area contributed by atoms with E-state index in [2.05, 4.69) is 5.32 Å². The van der Waals surface area contributed by atoms with Gasteiger partial charge in [0.05, 0.1) is 12.5 Å². The molecule has 2 atom stereocenters. The normalized spacial score (nSPS) is 15.0. The molecule has 0 saturated heterocycles. The van der Waals surface area contributed by atoms with E-state index in [1.165, 1.54) is 12.1 Å². The van der Waals surface area contributed by atoms with Crippen LogP contribution in [0.1, 0.15) is 42.4 Å². The van der Waals surface area contributed by atoms with E-state index in [9.17, 15) is 14.3 Å². The molecule has 2 aromatic rings. The van der Waals surface area contributed by atoms with Crippen molar-refractivity contribution >= 4 is 5.91 Å². The molecule has 1 aromatic carbocycles. The summed E-state index contributed by atoms with van der Waals surface area (Å²) in [6.07, 6.45) is 0. The molecule has 1 aromatic heterocycles. The first kappa shape index (κ1) is 17.2. The fourth-order valence-electron chi connectivity index (χ4n) is 2.60. The molecule has 2 N–H and O–H groups in total. The van der Waals surface area contributed by atoms with Crippen LogP contribution in [0.15, 0.2) is 34.7 Å². The summed E-state index contributed by atoms with van der Waals surface area (Å²) in [7, 11) is 0. The summed E-state index contributed by atoms with van der Waals surface area (Å²) >= 11 is 0. The second-order valence-corrected chi connectivity index (χ2v) is 6.10. The van der Waals surface area contributed by atoms with Gasteiger partial charge < -0.3 is 14.8 Å². The fraction of sp³-hybridized carbons (Fsp3) is 0.389. The van der Waals surface area contributed by atoms with E-state index < -0.39 is 11.5 Å². The quantitative estimate of drug-likeness (QED) is 0.890. The zero-order valence-corrected chi connectivity index (χ0v) is 13.8. The number of aryl methyl sites for hydroxylation is 2. The molecule has 1 heterocycles. The Balaban J connectivity index is 2.04. The van der Waals surface area contributed by atoms with Crippen LogP contribution in [0.25, 0.3) is 0 Å². The number of rotatable bonds is 5. The third kappa shape index (κ3) is 3.99. The Labute approximate surface area is 135 Å². The molecule has 0 saturated carbocycles. The lowest BCUT2D eigenvalue weighted by molar-refractivity contribution is -0.123. The Morgan fingerprint density at radius 1 is 1.39 bits per heavy atom. The summed E-state index contributed by atoms with van der Waals surface area (Å²) in [5.41, 5.74) is 0.00490. The fourth-order valence-corrected chi connectivity index (χ4v) is 2.60. The van der Waals surface area contributed by atoms with Crippen LogP contribution in [-0.4, -0.2) is 17.6 Å². The molecule has 0 aliphatic carbocycles. The molecule has 0 aliphatic rings. The van der Waals surface area contributed by atoms with Gasteiger partial charge in [-0.2, -0.15) is 0 Å². The van der Waals surface area contributed by atoms with Gasteiger partial charge in [0, 0.05) is 5.56 Å². The minimum atomic E-state index is -1.24. The molecule has 2 rings (SSSR count). The Morgan fingerprint density at radius 3 is 2.65 bits per heavy atom. The first-order valence-electron chi connectivity index (χ1n) is 7.54. The van der Waals surface area contributed by atoms with Crippen LogP contribution in [0.4, 0.5) is 4.39 Å². The van der Waals surface area contributed by atoms with Crippen LogP contribution < -0.4 is 5.32 Å². The van der Waals surface area contributed by atoms with Crippen molar-refractivity contribution in [1.29, 1.82) is 0 Å². The van der Waals surface area contributed by atoms with Crippen LogP contribution in [0.5, 0.6) is 0 Å². The summed E-state index contributed by atoms with van der Waals surface area (Å²) in [5.74, 6) is 0.179. The smallest absolute Gasteiger partial charge is 0.227 e. The number of aliphatic hydroxyl groups is 1. The van der Waals surface area contributed by atoms with Gasteiger partial charge >= 0.3 is 0 Å². The zero-order chi connectivity index (χ0) is 17.2. The van der Waals surface area contributed by atoms with Crippen molar-refractivity contribution < 1.29 is 18.7 Å². The highest BCUT2D eigenvalue weighted by Gasteiger charge is 2.29. The lowest BCUT2D eigenvalue weighted by Gasteiger charge is -2.24. The standard InChI is InChI=1S/C18H22FNO3/c1-11-8-16(13(3)23-11)18(4,22)10-20-17(21)12(2)14-6-5-7-15(19)9-14/h5-9,12,22H,10H2,1-4H3,(H,20,21). The van der Waals surface area contributed by atoms with Crippen molar-refractivity contribution in [2.24, 2.45) is 0 Å². The number of hydrogen-bond donors (Lipinski definition) is 2. The number of halogens is 1. The Bertz CT molecular complexity index is 706. The Morgan fingerprint density at radius 2 is 2.09 bits per heavy atom. The third-order valence-electron chi connectivity index (χ3n) is 3.97. The SMILES string of the molecule is Cc1cc(C(C)(O)CNC(=O)C(C)c2cccc(F)c2)c(C)o1. The van der Waals surface area contributed by atoms with Crippen LogP contribution in [0.3, 0.4) is 0 Å². The molecule has 5 heteroatoms. The van der Waals surface area contributed by atoms with E-state index in [1.54, 1.807) is 45.9 Å². The van der Waals surface area contributed by atoms with Gasteiger partial charge in [-0.1, -0.05) is 12.1 Å². The van der Waals surface area contributed by atoms with E-state index in [0.29, 0.717) is 22.6 Å². The molecule has 0 aliphatic heterocycles. The van der Waals surface area contributed by atoms with Gasteiger partial charge in [-0.05, 0) is 51.5 Å². The van der Waals surface area contributed by atoms with Crippen LogP contribution in [0, 0.1) is 19.7 Å². The highest BCUT2D eigenvalue weighted by Crippen LogP contribution is 2.26. The van der Waals surface area contributed by atoms with Crippen molar-refractivity contribution in [3.8, 4) is 0 Å². The predicted octanol–water partition coefficient (Wildman–Crippen LogP) is 3.16. The highest BCUT2D eigenvalue weighted by atomic mass is 19.1. The van der Waals surface area contributed by atoms with Crippen molar-refractivity contribution in [2.45, 2.75) is 39.2 Å². The number of amides is 1. The zero-order valence-electron chi connectivity index (χ0n) is 13.8. The molecule has 0 fully saturated rings. The molecule has 4 nitrogen and oxygen atoms in total. The van der Waals surface area contributed by atoms with Crippen LogP contribution in [-0.2, 0) is 10.4 Å². The summed E-state index contributed by atoms with van der Waals surface area (Å²) in [6, 6.07) is 7.71. The minimum Gasteiger partial charge on any atom is -0.466 e. The lowest BCUT2D eigenvalue weighted by Crippen LogP contribution is -2.40. The first-order chi connectivity index (χ1) is 10.7. The number of carbonyl (C=O) groups is 1. The first-order valence-corrected chi connectivity index (χ1v) is 7.54. The summed E-state index contributed by atoms with van der Waals surface area (Å²) in [4.78, 5) is 12.3. The van der Waals surface area contributed by atoms with Crippen molar-refractivity contribution in [1.82, 2.24) is 5.32 Å². The number of carbonyl (C=O) groups excluding carboxylic acids is 1. The van der Waals surface area contributed by atoms with Crippen molar-refractivity contribution in [3.05, 3.63) is 58.8 Å². The summed E-state index contributed by atoms with van der Waals surface area (Å²) in [5, 5.41) is 13.3. The van der Waals surface area contributed by atoms with Crippen LogP contribution in [0.2, 0.25) is 0 Å². The average molecular weight is 319 g/mol. The molecule has 2 unspecified atom stereocenters. The Kier molecular flexibility index (Phi) is 4.90. The van der Waals surface area contributed by atoms with E-state index >= 15 is 0 Å². The van der Waals surface area contributed by atoms with E-state index in [0.717, 1.165) is 0 Å². The van der Waals surface area contributed by atoms with Gasteiger partial charge in [0.1, 0.15) is 22.9 Å². The maximum absolute atomic E-state index is 13.3. The van der Waals surface area contributed by atoms with Crippen LogP contribution >= 0.6 is 0 Å². The molecule has 0 bridgehead atoms. The van der Waals surface area contributed by atoms with Gasteiger partial charge in [0.15, 0.2) is 0 Å². The van der Waals surface area contributed by atoms with E-state index in [1.807, 2.05) is 0 Å².